The Morgan fingerprint density at radius 3 is 2.59 bits per heavy atom. The zero-order chi connectivity index (χ0) is 22.7. The van der Waals surface area contributed by atoms with Crippen LogP contribution in [0.3, 0.4) is 0 Å². The zero-order valence-electron chi connectivity index (χ0n) is 18.7. The van der Waals surface area contributed by atoms with Crippen molar-refractivity contribution in [2.75, 3.05) is 12.0 Å². The lowest BCUT2D eigenvalue weighted by atomic mass is 10.1. The molecular formula is C26H26N2O2S2. The van der Waals surface area contributed by atoms with Gasteiger partial charge in [0.1, 0.15) is 11.3 Å². The van der Waals surface area contributed by atoms with Crippen molar-refractivity contribution in [3.05, 3.63) is 83.4 Å². The van der Waals surface area contributed by atoms with Gasteiger partial charge in [0.25, 0.3) is 5.91 Å². The third-order valence-electron chi connectivity index (χ3n) is 5.02. The molecule has 0 aliphatic heterocycles. The van der Waals surface area contributed by atoms with Crippen molar-refractivity contribution in [3.63, 3.8) is 0 Å². The number of methoxy groups -OCH3 is 1. The largest absolute Gasteiger partial charge is 0.494 e. The van der Waals surface area contributed by atoms with Crippen LogP contribution in [0.4, 0.5) is 5.13 Å². The van der Waals surface area contributed by atoms with Gasteiger partial charge in [-0.25, -0.2) is 4.98 Å². The molecule has 32 heavy (non-hydrogen) atoms. The van der Waals surface area contributed by atoms with Crippen LogP contribution in [0, 0.1) is 6.92 Å². The fourth-order valence-electron chi connectivity index (χ4n) is 3.50. The second-order valence-corrected chi connectivity index (χ2v) is 10.5. The lowest BCUT2D eigenvalue weighted by molar-refractivity contribution is 0.0985. The SMILES string of the molecule is COc1ccc(C)c2sc(N(Cc3ccccc3)C(=O)c3cccc(SC(C)C)c3)nc12. The molecular weight excluding hydrogens is 436 g/mol. The van der Waals surface area contributed by atoms with E-state index in [1.54, 1.807) is 23.8 Å². The van der Waals surface area contributed by atoms with Crippen molar-refractivity contribution in [3.8, 4) is 5.75 Å². The molecule has 0 aliphatic carbocycles. The number of carbonyl (C=O) groups is 1. The van der Waals surface area contributed by atoms with Gasteiger partial charge in [-0.15, -0.1) is 11.8 Å². The number of nitrogens with zero attached hydrogens (tertiary/aromatic N) is 2. The van der Waals surface area contributed by atoms with Crippen molar-refractivity contribution in [1.82, 2.24) is 4.98 Å². The van der Waals surface area contributed by atoms with E-state index < -0.39 is 0 Å². The van der Waals surface area contributed by atoms with E-state index in [4.69, 9.17) is 9.72 Å². The molecule has 0 spiro atoms. The number of carbonyl (C=O) groups excluding carboxylic acids is 1. The Balaban J connectivity index is 1.78. The molecule has 4 aromatic rings. The average molecular weight is 463 g/mol. The number of aryl methyl sites for hydroxylation is 1. The Labute approximate surface area is 197 Å². The van der Waals surface area contributed by atoms with Gasteiger partial charge in [0.2, 0.25) is 0 Å². The molecule has 164 valence electrons. The number of hydrogen-bond acceptors (Lipinski definition) is 5. The summed E-state index contributed by atoms with van der Waals surface area (Å²) in [6.45, 7) is 6.80. The molecule has 0 atom stereocenters. The van der Waals surface area contributed by atoms with Crippen LogP contribution in [0.25, 0.3) is 10.2 Å². The number of hydrogen-bond donors (Lipinski definition) is 0. The summed E-state index contributed by atoms with van der Waals surface area (Å²) >= 11 is 3.28. The van der Waals surface area contributed by atoms with Crippen molar-refractivity contribution < 1.29 is 9.53 Å². The van der Waals surface area contributed by atoms with Crippen molar-refractivity contribution in [2.24, 2.45) is 0 Å². The van der Waals surface area contributed by atoms with Gasteiger partial charge < -0.3 is 4.74 Å². The van der Waals surface area contributed by atoms with Crippen molar-refractivity contribution in [2.45, 2.75) is 37.5 Å². The molecule has 3 aromatic carbocycles. The maximum absolute atomic E-state index is 13.8. The molecule has 6 heteroatoms. The minimum absolute atomic E-state index is 0.0595. The number of ether oxygens (including phenoxy) is 1. The molecule has 4 nitrogen and oxygen atoms in total. The molecule has 0 saturated heterocycles. The molecule has 0 saturated carbocycles. The summed E-state index contributed by atoms with van der Waals surface area (Å²) in [5, 5.41) is 1.11. The maximum Gasteiger partial charge on any atom is 0.260 e. The molecule has 0 radical (unpaired) electrons. The summed E-state index contributed by atoms with van der Waals surface area (Å²) in [5.41, 5.74) is 3.63. The number of thioether (sulfide) groups is 1. The molecule has 0 N–H and O–H groups in total. The van der Waals surface area contributed by atoms with Gasteiger partial charge in [-0.2, -0.15) is 0 Å². The van der Waals surface area contributed by atoms with E-state index in [1.165, 1.54) is 11.3 Å². The number of fused-ring (bicyclic) bond motifs is 1. The maximum atomic E-state index is 13.8. The topological polar surface area (TPSA) is 42.4 Å². The van der Waals surface area contributed by atoms with Crippen molar-refractivity contribution >= 4 is 44.4 Å². The van der Waals surface area contributed by atoms with Gasteiger partial charge in [0, 0.05) is 15.7 Å². The first kappa shape index (κ1) is 22.4. The summed E-state index contributed by atoms with van der Waals surface area (Å²) in [7, 11) is 1.65. The molecule has 0 aliphatic rings. The smallest absolute Gasteiger partial charge is 0.260 e. The normalized spacial score (nSPS) is 11.2. The van der Waals surface area contributed by atoms with Crippen LogP contribution in [0.5, 0.6) is 5.75 Å². The van der Waals surface area contributed by atoms with Gasteiger partial charge in [0.05, 0.1) is 18.4 Å². The summed E-state index contributed by atoms with van der Waals surface area (Å²) in [5.74, 6) is 0.659. The Kier molecular flexibility index (Phi) is 6.82. The predicted molar refractivity (Wildman–Crippen MR) is 135 cm³/mol. The number of aromatic nitrogens is 1. The molecule has 0 fully saturated rings. The van der Waals surface area contributed by atoms with E-state index in [0.717, 1.165) is 32.0 Å². The van der Waals surface area contributed by atoms with Gasteiger partial charge in [-0.3, -0.25) is 9.69 Å². The molecule has 4 rings (SSSR count). The highest BCUT2D eigenvalue weighted by Gasteiger charge is 2.23. The van der Waals surface area contributed by atoms with E-state index in [-0.39, 0.29) is 5.91 Å². The van der Waals surface area contributed by atoms with Crippen molar-refractivity contribution in [1.29, 1.82) is 0 Å². The number of anilines is 1. The van der Waals surface area contributed by atoms with Gasteiger partial charge in [-0.05, 0) is 42.3 Å². The Morgan fingerprint density at radius 1 is 1.09 bits per heavy atom. The predicted octanol–water partition coefficient (Wildman–Crippen LogP) is 6.96. The fraction of sp³-hybridized carbons (Fsp3) is 0.231. The van der Waals surface area contributed by atoms with Gasteiger partial charge in [0.15, 0.2) is 5.13 Å². The van der Waals surface area contributed by atoms with E-state index in [2.05, 4.69) is 26.8 Å². The average Bonchev–Trinajstić information content (AvgIpc) is 3.24. The summed E-state index contributed by atoms with van der Waals surface area (Å²) < 4.78 is 6.57. The fourth-order valence-corrected chi connectivity index (χ4v) is 5.45. The monoisotopic (exact) mass is 462 g/mol. The van der Waals surface area contributed by atoms with E-state index in [0.29, 0.717) is 22.5 Å². The van der Waals surface area contributed by atoms with E-state index in [9.17, 15) is 4.79 Å². The first-order valence-corrected chi connectivity index (χ1v) is 12.2. The standard InChI is InChI=1S/C26H26N2O2S2/c1-17(2)31-21-12-8-11-20(15-21)25(29)28(16-19-9-6-5-7-10-19)26-27-23-22(30-4)14-13-18(3)24(23)32-26/h5-15,17H,16H2,1-4H3. The number of amides is 1. The summed E-state index contributed by atoms with van der Waals surface area (Å²) in [4.78, 5) is 21.5. The van der Waals surface area contributed by atoms with Crippen LogP contribution in [0.15, 0.2) is 71.6 Å². The van der Waals surface area contributed by atoms with Crippen LogP contribution in [0.2, 0.25) is 0 Å². The van der Waals surface area contributed by atoms with Crippen LogP contribution in [-0.4, -0.2) is 23.3 Å². The molecule has 0 unspecified atom stereocenters. The number of rotatable bonds is 7. The molecule has 1 amide bonds. The Bertz CT molecular complexity index is 1240. The Hall–Kier alpha value is -2.83. The molecule has 1 heterocycles. The highest BCUT2D eigenvalue weighted by Crippen LogP contribution is 2.37. The first-order valence-electron chi connectivity index (χ1n) is 10.5. The molecule has 0 bridgehead atoms. The number of benzene rings is 3. The minimum Gasteiger partial charge on any atom is -0.494 e. The van der Waals surface area contributed by atoms with E-state index in [1.807, 2.05) is 60.7 Å². The van der Waals surface area contributed by atoms with Crippen LogP contribution < -0.4 is 9.64 Å². The third-order valence-corrected chi connectivity index (χ3v) is 7.24. The summed E-state index contributed by atoms with van der Waals surface area (Å²) in [6, 6.07) is 21.8. The van der Waals surface area contributed by atoms with Crippen LogP contribution >= 0.6 is 23.1 Å². The lowest BCUT2D eigenvalue weighted by Gasteiger charge is -2.20. The first-order chi connectivity index (χ1) is 15.5. The van der Waals surface area contributed by atoms with Crippen LogP contribution in [0.1, 0.15) is 35.3 Å². The second kappa shape index (κ2) is 9.76. The van der Waals surface area contributed by atoms with Crippen LogP contribution in [-0.2, 0) is 6.54 Å². The number of thiazole rings is 1. The highest BCUT2D eigenvalue weighted by molar-refractivity contribution is 7.99. The quantitative estimate of drug-likeness (QED) is 0.278. The zero-order valence-corrected chi connectivity index (χ0v) is 20.3. The minimum atomic E-state index is -0.0595. The summed E-state index contributed by atoms with van der Waals surface area (Å²) in [6.07, 6.45) is 0. The Morgan fingerprint density at radius 2 is 1.88 bits per heavy atom. The highest BCUT2D eigenvalue weighted by atomic mass is 32.2. The third kappa shape index (κ3) is 4.81. The van der Waals surface area contributed by atoms with E-state index >= 15 is 0 Å². The molecule has 1 aromatic heterocycles. The van der Waals surface area contributed by atoms with Gasteiger partial charge >= 0.3 is 0 Å². The lowest BCUT2D eigenvalue weighted by Crippen LogP contribution is -2.30. The second-order valence-electron chi connectivity index (χ2n) is 7.83. The van der Waals surface area contributed by atoms with Gasteiger partial charge in [-0.1, -0.05) is 67.6 Å².